The van der Waals surface area contributed by atoms with Gasteiger partial charge in [0.05, 0.1) is 35.8 Å². The SMILES string of the molecule is Cn1cncc1CNC(=O)c1cccc2cnc(N[C@H]3CC[C@H](O)CC3)nc12. The Morgan fingerprint density at radius 2 is 2.07 bits per heavy atom. The number of nitrogens with zero attached hydrogens (tertiary/aromatic N) is 4. The van der Waals surface area contributed by atoms with Gasteiger partial charge in [0.1, 0.15) is 0 Å². The van der Waals surface area contributed by atoms with Crippen molar-refractivity contribution < 1.29 is 9.90 Å². The van der Waals surface area contributed by atoms with E-state index in [0.717, 1.165) is 36.8 Å². The first-order valence-corrected chi connectivity index (χ1v) is 9.54. The van der Waals surface area contributed by atoms with Crippen LogP contribution in [-0.4, -0.2) is 42.7 Å². The van der Waals surface area contributed by atoms with Crippen molar-refractivity contribution in [2.24, 2.45) is 7.05 Å². The first-order chi connectivity index (χ1) is 13.6. The van der Waals surface area contributed by atoms with Crippen LogP contribution in [0, 0.1) is 0 Å². The Morgan fingerprint density at radius 3 is 2.82 bits per heavy atom. The number of hydrogen-bond donors (Lipinski definition) is 3. The summed E-state index contributed by atoms with van der Waals surface area (Å²) in [5.74, 6) is 0.331. The average molecular weight is 380 g/mol. The molecule has 1 saturated carbocycles. The van der Waals surface area contributed by atoms with Gasteiger partial charge >= 0.3 is 0 Å². The number of rotatable bonds is 5. The number of aryl methyl sites for hydroxylation is 1. The molecule has 0 radical (unpaired) electrons. The molecule has 3 N–H and O–H groups in total. The van der Waals surface area contributed by atoms with Gasteiger partial charge in [-0.15, -0.1) is 0 Å². The Labute approximate surface area is 163 Å². The van der Waals surface area contributed by atoms with Gasteiger partial charge in [-0.3, -0.25) is 4.79 Å². The summed E-state index contributed by atoms with van der Waals surface area (Å²) >= 11 is 0. The third-order valence-corrected chi connectivity index (χ3v) is 5.23. The molecule has 0 saturated heterocycles. The number of carbonyl (C=O) groups excluding carboxylic acids is 1. The minimum absolute atomic E-state index is 0.183. The molecule has 2 aromatic heterocycles. The minimum Gasteiger partial charge on any atom is -0.393 e. The summed E-state index contributed by atoms with van der Waals surface area (Å²) in [5.41, 5.74) is 2.06. The highest BCUT2D eigenvalue weighted by Gasteiger charge is 2.20. The second-order valence-electron chi connectivity index (χ2n) is 7.27. The van der Waals surface area contributed by atoms with E-state index in [1.54, 1.807) is 24.8 Å². The molecule has 2 heterocycles. The van der Waals surface area contributed by atoms with E-state index >= 15 is 0 Å². The van der Waals surface area contributed by atoms with Crippen molar-refractivity contribution >= 4 is 22.8 Å². The van der Waals surface area contributed by atoms with Crippen LogP contribution >= 0.6 is 0 Å². The first kappa shape index (κ1) is 18.4. The van der Waals surface area contributed by atoms with E-state index in [4.69, 9.17) is 0 Å². The second-order valence-corrected chi connectivity index (χ2v) is 7.27. The molecule has 1 aromatic carbocycles. The lowest BCUT2D eigenvalue weighted by Crippen LogP contribution is -2.29. The molecule has 0 atom stereocenters. The summed E-state index contributed by atoms with van der Waals surface area (Å²) in [5, 5.41) is 16.8. The number of aliphatic hydroxyl groups excluding tert-OH is 1. The van der Waals surface area contributed by atoms with Crippen LogP contribution < -0.4 is 10.6 Å². The topological polar surface area (TPSA) is 105 Å². The standard InChI is InChI=1S/C20H24N6O2/c1-26-12-21-10-15(26)11-22-19(28)17-4-2-3-13-9-23-20(25-18(13)17)24-14-5-7-16(27)8-6-14/h2-4,9-10,12,14,16,27H,5-8,11H2,1H3,(H,22,28)(H,23,24,25)/t14-,16-. The third kappa shape index (κ3) is 3.96. The lowest BCUT2D eigenvalue weighted by molar-refractivity contribution is 0.0951. The Hall–Kier alpha value is -3.00. The van der Waals surface area contributed by atoms with Crippen LogP contribution in [0.1, 0.15) is 41.7 Å². The summed E-state index contributed by atoms with van der Waals surface area (Å²) in [6, 6.07) is 5.75. The number of nitrogens with one attached hydrogen (secondary N) is 2. The van der Waals surface area contributed by atoms with Gasteiger partial charge in [-0.05, 0) is 31.7 Å². The van der Waals surface area contributed by atoms with Crippen LogP contribution in [0.5, 0.6) is 0 Å². The van der Waals surface area contributed by atoms with Gasteiger partial charge in [-0.25, -0.2) is 15.0 Å². The van der Waals surface area contributed by atoms with Crippen molar-refractivity contribution in [3.8, 4) is 0 Å². The fraction of sp³-hybridized carbons (Fsp3) is 0.400. The summed E-state index contributed by atoms with van der Waals surface area (Å²) in [6.45, 7) is 0.395. The Bertz CT molecular complexity index is 978. The maximum Gasteiger partial charge on any atom is 0.253 e. The highest BCUT2D eigenvalue weighted by atomic mass is 16.3. The van der Waals surface area contributed by atoms with Crippen LogP contribution in [0.25, 0.3) is 10.9 Å². The highest BCUT2D eigenvalue weighted by Crippen LogP contribution is 2.22. The molecule has 1 aliphatic rings. The lowest BCUT2D eigenvalue weighted by atomic mass is 9.93. The van der Waals surface area contributed by atoms with Crippen molar-refractivity contribution in [2.45, 2.75) is 44.4 Å². The van der Waals surface area contributed by atoms with Crippen molar-refractivity contribution in [2.75, 3.05) is 5.32 Å². The molecule has 1 aliphatic carbocycles. The lowest BCUT2D eigenvalue weighted by Gasteiger charge is -2.26. The van der Waals surface area contributed by atoms with E-state index in [2.05, 4.69) is 25.6 Å². The smallest absolute Gasteiger partial charge is 0.253 e. The van der Waals surface area contributed by atoms with Crippen LogP contribution in [-0.2, 0) is 13.6 Å². The summed E-state index contributed by atoms with van der Waals surface area (Å²) < 4.78 is 1.87. The molecule has 0 bridgehead atoms. The molecular formula is C20H24N6O2. The monoisotopic (exact) mass is 380 g/mol. The Balaban J connectivity index is 1.52. The van der Waals surface area contributed by atoms with Crippen LogP contribution in [0.2, 0.25) is 0 Å². The fourth-order valence-corrected chi connectivity index (χ4v) is 3.53. The summed E-state index contributed by atoms with van der Waals surface area (Å²) in [6.07, 6.45) is 8.30. The third-order valence-electron chi connectivity index (χ3n) is 5.23. The van der Waals surface area contributed by atoms with Crippen molar-refractivity contribution in [3.63, 3.8) is 0 Å². The van der Waals surface area contributed by atoms with E-state index in [9.17, 15) is 9.90 Å². The van der Waals surface area contributed by atoms with E-state index in [1.165, 1.54) is 0 Å². The maximum atomic E-state index is 12.8. The zero-order valence-corrected chi connectivity index (χ0v) is 15.8. The molecule has 8 heteroatoms. The Kier molecular flexibility index (Phi) is 5.21. The molecule has 28 heavy (non-hydrogen) atoms. The van der Waals surface area contributed by atoms with Gasteiger partial charge in [0.2, 0.25) is 5.95 Å². The molecule has 1 fully saturated rings. The zero-order chi connectivity index (χ0) is 19.5. The number of fused-ring (bicyclic) bond motifs is 1. The molecule has 4 rings (SSSR count). The largest absolute Gasteiger partial charge is 0.393 e. The summed E-state index contributed by atoms with van der Waals surface area (Å²) in [7, 11) is 1.89. The van der Waals surface area contributed by atoms with E-state index in [-0.39, 0.29) is 18.1 Å². The minimum atomic E-state index is -0.203. The maximum absolute atomic E-state index is 12.8. The summed E-state index contributed by atoms with van der Waals surface area (Å²) in [4.78, 5) is 25.8. The van der Waals surface area contributed by atoms with Crippen LogP contribution in [0.3, 0.4) is 0 Å². The molecular weight excluding hydrogens is 356 g/mol. The van der Waals surface area contributed by atoms with Gasteiger partial charge in [0.15, 0.2) is 0 Å². The molecule has 8 nitrogen and oxygen atoms in total. The van der Waals surface area contributed by atoms with Crippen molar-refractivity contribution in [3.05, 3.63) is 48.2 Å². The number of aliphatic hydroxyl groups is 1. The predicted octanol–water partition coefficient (Wildman–Crippen LogP) is 2.01. The number of imidazole rings is 1. The number of anilines is 1. The van der Waals surface area contributed by atoms with Gasteiger partial charge in [-0.1, -0.05) is 12.1 Å². The first-order valence-electron chi connectivity index (χ1n) is 9.54. The number of hydrogen-bond acceptors (Lipinski definition) is 6. The fourth-order valence-electron chi connectivity index (χ4n) is 3.53. The van der Waals surface area contributed by atoms with Gasteiger partial charge < -0.3 is 20.3 Å². The quantitative estimate of drug-likeness (QED) is 0.625. The number of carbonyl (C=O) groups is 1. The van der Waals surface area contributed by atoms with Gasteiger partial charge in [-0.2, -0.15) is 0 Å². The molecule has 0 aliphatic heterocycles. The zero-order valence-electron chi connectivity index (χ0n) is 15.8. The average Bonchev–Trinajstić information content (AvgIpc) is 3.12. The number of amides is 1. The van der Waals surface area contributed by atoms with Gasteiger partial charge in [0.25, 0.3) is 5.91 Å². The van der Waals surface area contributed by atoms with Gasteiger partial charge in [0, 0.05) is 30.9 Å². The van der Waals surface area contributed by atoms with E-state index in [1.807, 2.05) is 23.7 Å². The number of para-hydroxylation sites is 1. The van der Waals surface area contributed by atoms with E-state index in [0.29, 0.717) is 23.6 Å². The predicted molar refractivity (Wildman–Crippen MR) is 106 cm³/mol. The Morgan fingerprint density at radius 1 is 1.25 bits per heavy atom. The van der Waals surface area contributed by atoms with Crippen molar-refractivity contribution in [1.82, 2.24) is 24.8 Å². The normalized spacial score (nSPS) is 19.5. The molecule has 0 unspecified atom stereocenters. The van der Waals surface area contributed by atoms with Crippen molar-refractivity contribution in [1.29, 1.82) is 0 Å². The highest BCUT2D eigenvalue weighted by molar-refractivity contribution is 6.05. The van der Waals surface area contributed by atoms with E-state index < -0.39 is 0 Å². The molecule has 3 aromatic rings. The van der Waals surface area contributed by atoms with Crippen LogP contribution in [0.4, 0.5) is 5.95 Å². The molecule has 146 valence electrons. The number of aromatic nitrogens is 4. The molecule has 1 amide bonds. The second kappa shape index (κ2) is 7.93. The van der Waals surface area contributed by atoms with Crippen LogP contribution in [0.15, 0.2) is 36.9 Å². The number of benzene rings is 1. The molecule has 0 spiro atoms.